The van der Waals surface area contributed by atoms with Crippen molar-refractivity contribution in [1.29, 1.82) is 0 Å². The molecule has 2 N–H and O–H groups in total. The number of aromatic nitrogens is 1. The molecule has 0 bridgehead atoms. The molecule has 0 radical (unpaired) electrons. The van der Waals surface area contributed by atoms with Crippen molar-refractivity contribution in [3.05, 3.63) is 23.4 Å². The maximum absolute atomic E-state index is 11.9. The van der Waals surface area contributed by atoms with Crippen LogP contribution < -0.4 is 10.2 Å². The fourth-order valence-electron chi connectivity index (χ4n) is 2.16. The van der Waals surface area contributed by atoms with Crippen molar-refractivity contribution in [2.45, 2.75) is 32.8 Å². The van der Waals surface area contributed by atoms with Gasteiger partial charge in [-0.05, 0) is 18.1 Å². The van der Waals surface area contributed by atoms with Crippen molar-refractivity contribution in [2.75, 3.05) is 25.0 Å². The van der Waals surface area contributed by atoms with E-state index in [2.05, 4.69) is 10.3 Å². The highest BCUT2D eigenvalue weighted by Gasteiger charge is 2.16. The Kier molecular flexibility index (Phi) is 7.47. The Morgan fingerprint density at radius 1 is 1.43 bits per heavy atom. The van der Waals surface area contributed by atoms with Crippen LogP contribution in [0.25, 0.3) is 0 Å². The molecular weight excluding hydrogens is 290 g/mol. The Labute approximate surface area is 131 Å². The topological polar surface area (TPSA) is 65.5 Å². The van der Waals surface area contributed by atoms with E-state index in [1.54, 1.807) is 30.3 Å². The third-order valence-corrected chi connectivity index (χ3v) is 3.81. The fourth-order valence-corrected chi connectivity index (χ4v) is 2.28. The molecule has 118 valence electrons. The lowest BCUT2D eigenvalue weighted by Crippen LogP contribution is -2.41. The minimum Gasteiger partial charge on any atom is -0.391 e. The molecule has 0 saturated carbocycles. The van der Waals surface area contributed by atoms with Gasteiger partial charge < -0.3 is 15.3 Å². The zero-order chi connectivity index (χ0) is 15.8. The zero-order valence-corrected chi connectivity index (χ0v) is 13.6. The number of anilines is 1. The first-order valence-corrected chi connectivity index (χ1v) is 7.63. The Balaban J connectivity index is 2.41. The van der Waals surface area contributed by atoms with Gasteiger partial charge in [0.05, 0.1) is 17.7 Å². The maximum Gasteiger partial charge on any atom is 0.239 e. The van der Waals surface area contributed by atoms with E-state index in [4.69, 9.17) is 11.6 Å². The molecule has 1 unspecified atom stereocenters. The Hall–Kier alpha value is -1.33. The molecule has 5 nitrogen and oxygen atoms in total. The normalized spacial score (nSPS) is 12.3. The molecule has 0 fully saturated rings. The van der Waals surface area contributed by atoms with E-state index in [0.29, 0.717) is 10.8 Å². The van der Waals surface area contributed by atoms with Crippen LogP contribution >= 0.6 is 11.6 Å². The molecule has 1 rings (SSSR count). The fraction of sp³-hybridized carbons (Fsp3) is 0.600. The second kappa shape index (κ2) is 8.85. The first-order chi connectivity index (χ1) is 9.97. The van der Waals surface area contributed by atoms with Crippen molar-refractivity contribution in [3.63, 3.8) is 0 Å². The predicted molar refractivity (Wildman–Crippen MR) is 85.6 cm³/mol. The van der Waals surface area contributed by atoms with Gasteiger partial charge in [-0.25, -0.2) is 4.98 Å². The molecule has 0 aliphatic rings. The van der Waals surface area contributed by atoms with Gasteiger partial charge in [-0.3, -0.25) is 4.79 Å². The third-order valence-electron chi connectivity index (χ3n) is 3.58. The maximum atomic E-state index is 11.9. The minimum atomic E-state index is -0.497. The van der Waals surface area contributed by atoms with Crippen LogP contribution in [0.5, 0.6) is 0 Å². The summed E-state index contributed by atoms with van der Waals surface area (Å²) in [5, 5.41) is 13.3. The third kappa shape index (κ3) is 5.89. The van der Waals surface area contributed by atoms with Gasteiger partial charge in [0.2, 0.25) is 5.91 Å². The van der Waals surface area contributed by atoms with Crippen molar-refractivity contribution in [1.82, 2.24) is 10.3 Å². The molecule has 1 amide bonds. The van der Waals surface area contributed by atoms with E-state index in [9.17, 15) is 9.90 Å². The van der Waals surface area contributed by atoms with Gasteiger partial charge in [-0.15, -0.1) is 0 Å². The number of nitrogens with zero attached hydrogens (tertiary/aromatic N) is 2. The van der Waals surface area contributed by atoms with Crippen LogP contribution in [-0.4, -0.2) is 42.2 Å². The van der Waals surface area contributed by atoms with Gasteiger partial charge in [-0.2, -0.15) is 0 Å². The Bertz CT molecular complexity index is 435. The second-order valence-electron chi connectivity index (χ2n) is 5.14. The number of aliphatic hydroxyl groups is 1. The average Bonchev–Trinajstić information content (AvgIpc) is 2.47. The number of aliphatic hydroxyl groups excluding tert-OH is 1. The molecule has 1 heterocycles. The minimum absolute atomic E-state index is 0.140. The van der Waals surface area contributed by atoms with Crippen molar-refractivity contribution >= 4 is 23.3 Å². The van der Waals surface area contributed by atoms with Crippen LogP contribution in [0.1, 0.15) is 26.7 Å². The quantitative estimate of drug-likeness (QED) is 0.771. The Morgan fingerprint density at radius 2 is 2.10 bits per heavy atom. The molecular formula is C15H24ClN3O2. The molecule has 0 aromatic carbocycles. The Morgan fingerprint density at radius 3 is 2.62 bits per heavy atom. The van der Waals surface area contributed by atoms with Crippen molar-refractivity contribution in [2.24, 2.45) is 5.92 Å². The largest absolute Gasteiger partial charge is 0.391 e. The number of amides is 1. The number of carbonyl (C=O) groups excluding carboxylic acids is 1. The number of rotatable bonds is 8. The summed E-state index contributed by atoms with van der Waals surface area (Å²) in [6.45, 7) is 4.55. The monoisotopic (exact) mass is 313 g/mol. The highest BCUT2D eigenvalue weighted by Crippen LogP contribution is 2.13. The number of likely N-dealkylation sites (N-methyl/N-ethyl adjacent to an activating group) is 1. The highest BCUT2D eigenvalue weighted by atomic mass is 35.5. The molecule has 1 aromatic heterocycles. The smallest absolute Gasteiger partial charge is 0.239 e. The van der Waals surface area contributed by atoms with E-state index in [-0.39, 0.29) is 24.9 Å². The summed E-state index contributed by atoms with van der Waals surface area (Å²) in [5.74, 6) is 0.760. The number of pyridine rings is 1. The summed E-state index contributed by atoms with van der Waals surface area (Å²) in [7, 11) is 1.78. The lowest BCUT2D eigenvalue weighted by Gasteiger charge is -2.22. The lowest BCUT2D eigenvalue weighted by atomic mass is 9.96. The van der Waals surface area contributed by atoms with Crippen LogP contribution in [0.2, 0.25) is 5.02 Å². The first-order valence-electron chi connectivity index (χ1n) is 7.25. The summed E-state index contributed by atoms with van der Waals surface area (Å²) < 4.78 is 0. The zero-order valence-electron chi connectivity index (χ0n) is 12.8. The summed E-state index contributed by atoms with van der Waals surface area (Å²) in [4.78, 5) is 17.8. The lowest BCUT2D eigenvalue weighted by molar-refractivity contribution is -0.120. The molecule has 0 spiro atoms. The second-order valence-corrected chi connectivity index (χ2v) is 5.58. The van der Waals surface area contributed by atoms with E-state index >= 15 is 0 Å². The van der Waals surface area contributed by atoms with E-state index < -0.39 is 6.10 Å². The molecule has 1 aromatic rings. The number of halogens is 1. The van der Waals surface area contributed by atoms with Crippen LogP contribution in [0.15, 0.2) is 18.3 Å². The number of nitrogens with one attached hydrogen (secondary N) is 1. The van der Waals surface area contributed by atoms with Crippen LogP contribution in [-0.2, 0) is 4.79 Å². The highest BCUT2D eigenvalue weighted by molar-refractivity contribution is 6.30. The van der Waals surface area contributed by atoms with Crippen molar-refractivity contribution < 1.29 is 9.90 Å². The van der Waals surface area contributed by atoms with Gasteiger partial charge in [0, 0.05) is 19.8 Å². The van der Waals surface area contributed by atoms with Gasteiger partial charge in [0.25, 0.3) is 0 Å². The SMILES string of the molecule is CCC(CC)C(O)CNC(=O)CN(C)c1ccc(Cl)cn1. The molecule has 0 aliphatic carbocycles. The van der Waals surface area contributed by atoms with Crippen LogP contribution in [0.4, 0.5) is 5.82 Å². The number of hydrogen-bond acceptors (Lipinski definition) is 4. The standard InChI is InChI=1S/C15H24ClN3O2/c1-4-11(5-2)13(20)9-18-15(21)10-19(3)14-7-6-12(16)8-17-14/h6-8,11,13,20H,4-5,9-10H2,1-3H3,(H,18,21). The molecule has 6 heteroatoms. The van der Waals surface area contributed by atoms with Gasteiger partial charge >= 0.3 is 0 Å². The van der Waals surface area contributed by atoms with Gasteiger partial charge in [0.15, 0.2) is 0 Å². The predicted octanol–water partition coefficient (Wildman–Crippen LogP) is 2.08. The van der Waals surface area contributed by atoms with Crippen molar-refractivity contribution in [3.8, 4) is 0 Å². The van der Waals surface area contributed by atoms with E-state index in [0.717, 1.165) is 12.8 Å². The van der Waals surface area contributed by atoms with Gasteiger partial charge in [-0.1, -0.05) is 38.3 Å². The molecule has 0 saturated heterocycles. The summed E-state index contributed by atoms with van der Waals surface area (Å²) in [5.41, 5.74) is 0. The number of hydrogen-bond donors (Lipinski definition) is 2. The number of carbonyl (C=O) groups is 1. The van der Waals surface area contributed by atoms with E-state index in [1.807, 2.05) is 13.8 Å². The molecule has 1 atom stereocenters. The van der Waals surface area contributed by atoms with Crippen LogP contribution in [0, 0.1) is 5.92 Å². The van der Waals surface area contributed by atoms with Crippen LogP contribution in [0.3, 0.4) is 0 Å². The summed E-state index contributed by atoms with van der Waals surface area (Å²) in [6, 6.07) is 3.49. The molecule has 0 aliphatic heterocycles. The first kappa shape index (κ1) is 17.7. The molecule has 21 heavy (non-hydrogen) atoms. The van der Waals surface area contributed by atoms with Gasteiger partial charge in [0.1, 0.15) is 5.82 Å². The summed E-state index contributed by atoms with van der Waals surface area (Å²) in [6.07, 6.45) is 2.86. The summed E-state index contributed by atoms with van der Waals surface area (Å²) >= 11 is 5.78. The average molecular weight is 314 g/mol. The van der Waals surface area contributed by atoms with E-state index in [1.165, 1.54) is 0 Å².